The van der Waals surface area contributed by atoms with E-state index in [1.807, 2.05) is 32.0 Å². The number of carbonyl (C=O) groups excluding carboxylic acids is 1. The molecule has 1 unspecified atom stereocenters. The van der Waals surface area contributed by atoms with E-state index < -0.39 is 0 Å². The number of hydrogen-bond acceptors (Lipinski definition) is 6. The van der Waals surface area contributed by atoms with Crippen LogP contribution in [0.4, 0.5) is 5.82 Å². The van der Waals surface area contributed by atoms with Crippen molar-refractivity contribution in [2.24, 2.45) is 0 Å². The number of fused-ring (bicyclic) bond motifs is 2. The lowest BCUT2D eigenvalue weighted by molar-refractivity contribution is -0.116. The Bertz CT molecular complexity index is 1310. The zero-order valence-corrected chi connectivity index (χ0v) is 17.6. The van der Waals surface area contributed by atoms with Gasteiger partial charge in [0.25, 0.3) is 0 Å². The molecule has 0 fully saturated rings. The number of amides is 1. The van der Waals surface area contributed by atoms with Crippen LogP contribution in [-0.4, -0.2) is 32.9 Å². The first-order valence-corrected chi connectivity index (χ1v) is 10.4. The molecule has 0 aliphatic carbocycles. The van der Waals surface area contributed by atoms with E-state index in [0.717, 1.165) is 27.0 Å². The minimum atomic E-state index is -0.212. The number of methoxy groups -OCH3 is 1. The second-order valence-electron chi connectivity index (χ2n) is 7.46. The lowest BCUT2D eigenvalue weighted by Crippen LogP contribution is -2.24. The third-order valence-corrected chi connectivity index (χ3v) is 6.42. The van der Waals surface area contributed by atoms with Crippen LogP contribution in [0.25, 0.3) is 15.3 Å². The number of hydrogen-bond donors (Lipinski definition) is 2. The molecular weight excluding hydrogens is 400 g/mol. The highest BCUT2D eigenvalue weighted by molar-refractivity contribution is 7.20. The van der Waals surface area contributed by atoms with Crippen LogP contribution < -0.4 is 10.1 Å². The van der Waals surface area contributed by atoms with Crippen LogP contribution in [0.15, 0.2) is 36.4 Å². The molecular formula is C22H20N4O3S. The fourth-order valence-corrected chi connectivity index (χ4v) is 5.03. The number of anilines is 1. The first-order valence-electron chi connectivity index (χ1n) is 9.58. The van der Waals surface area contributed by atoms with E-state index in [2.05, 4.69) is 11.4 Å². The lowest BCUT2D eigenvalue weighted by Gasteiger charge is -2.24. The van der Waals surface area contributed by atoms with Gasteiger partial charge in [-0.1, -0.05) is 23.5 Å². The van der Waals surface area contributed by atoms with Gasteiger partial charge in [0, 0.05) is 17.9 Å². The summed E-state index contributed by atoms with van der Waals surface area (Å²) in [5, 5.41) is 18.6. The molecule has 7 nitrogen and oxygen atoms in total. The number of nitrogens with one attached hydrogen (secondary N) is 1. The van der Waals surface area contributed by atoms with Gasteiger partial charge in [-0.2, -0.15) is 9.78 Å². The number of thiazole rings is 1. The smallest absolute Gasteiger partial charge is 0.226 e. The quantitative estimate of drug-likeness (QED) is 0.516. The Labute approximate surface area is 176 Å². The van der Waals surface area contributed by atoms with Crippen molar-refractivity contribution in [2.45, 2.75) is 26.2 Å². The summed E-state index contributed by atoms with van der Waals surface area (Å²) in [5.74, 6) is 0.780. The van der Waals surface area contributed by atoms with Crippen molar-refractivity contribution in [3.63, 3.8) is 0 Å². The molecule has 0 saturated carbocycles. The highest BCUT2D eigenvalue weighted by Gasteiger charge is 2.33. The molecule has 30 heavy (non-hydrogen) atoms. The van der Waals surface area contributed by atoms with Crippen LogP contribution in [0, 0.1) is 13.8 Å². The third kappa shape index (κ3) is 2.91. The Kier molecular flexibility index (Phi) is 4.25. The molecule has 0 spiro atoms. The summed E-state index contributed by atoms with van der Waals surface area (Å²) in [5.41, 5.74) is 4.67. The summed E-state index contributed by atoms with van der Waals surface area (Å²) in [6.07, 6.45) is 0.282. The fourth-order valence-electron chi connectivity index (χ4n) is 4.00. The number of aryl methyl sites for hydroxylation is 2. The first-order chi connectivity index (χ1) is 14.4. The predicted octanol–water partition coefficient (Wildman–Crippen LogP) is 4.29. The summed E-state index contributed by atoms with van der Waals surface area (Å²) < 4.78 is 7.94. The van der Waals surface area contributed by atoms with E-state index in [4.69, 9.17) is 14.8 Å². The van der Waals surface area contributed by atoms with Crippen molar-refractivity contribution in [3.05, 3.63) is 58.8 Å². The van der Waals surface area contributed by atoms with E-state index in [9.17, 15) is 9.90 Å². The maximum atomic E-state index is 12.6. The number of benzene rings is 2. The molecule has 3 heterocycles. The number of phenols is 1. The van der Waals surface area contributed by atoms with Crippen molar-refractivity contribution in [3.8, 4) is 16.6 Å². The van der Waals surface area contributed by atoms with Gasteiger partial charge in [-0.05, 0) is 49.2 Å². The minimum absolute atomic E-state index is 0.0501. The Morgan fingerprint density at radius 3 is 2.83 bits per heavy atom. The number of carbonyl (C=O) groups is 1. The Morgan fingerprint density at radius 1 is 1.23 bits per heavy atom. The summed E-state index contributed by atoms with van der Waals surface area (Å²) in [6, 6.07) is 11.4. The highest BCUT2D eigenvalue weighted by atomic mass is 32.1. The number of ether oxygens (including phenoxy) is 1. The van der Waals surface area contributed by atoms with Crippen molar-refractivity contribution >= 4 is 33.3 Å². The fraction of sp³-hybridized carbons (Fsp3) is 0.227. The molecule has 5 rings (SSSR count). The van der Waals surface area contributed by atoms with Crippen LogP contribution in [0.3, 0.4) is 0 Å². The van der Waals surface area contributed by atoms with Gasteiger partial charge in [0.05, 0.1) is 23.0 Å². The van der Waals surface area contributed by atoms with E-state index in [1.54, 1.807) is 16.8 Å². The lowest BCUT2D eigenvalue weighted by atomic mass is 9.85. The van der Waals surface area contributed by atoms with Gasteiger partial charge in [-0.3, -0.25) is 4.79 Å². The maximum Gasteiger partial charge on any atom is 0.226 e. The molecule has 0 bridgehead atoms. The summed E-state index contributed by atoms with van der Waals surface area (Å²) >= 11 is 1.54. The van der Waals surface area contributed by atoms with Crippen LogP contribution in [0.1, 0.15) is 34.7 Å². The van der Waals surface area contributed by atoms with Gasteiger partial charge in [0.2, 0.25) is 11.0 Å². The largest absolute Gasteiger partial charge is 0.504 e. The first kappa shape index (κ1) is 18.6. The molecule has 2 aromatic heterocycles. The number of nitrogens with zero attached hydrogens (tertiary/aromatic N) is 3. The van der Waals surface area contributed by atoms with Gasteiger partial charge < -0.3 is 15.2 Å². The Hall–Kier alpha value is -3.39. The van der Waals surface area contributed by atoms with Gasteiger partial charge in [-0.25, -0.2) is 4.98 Å². The average Bonchev–Trinajstić information content (AvgIpc) is 3.27. The van der Waals surface area contributed by atoms with Crippen molar-refractivity contribution < 1.29 is 14.6 Å². The van der Waals surface area contributed by atoms with Crippen molar-refractivity contribution in [1.82, 2.24) is 14.8 Å². The zero-order valence-electron chi connectivity index (χ0n) is 16.8. The number of rotatable bonds is 3. The minimum Gasteiger partial charge on any atom is -0.504 e. The number of aromatic hydroxyl groups is 1. The topological polar surface area (TPSA) is 89.3 Å². The standard InChI is InChI=1S/C22H20N4O3S/c1-11-4-6-15-18(8-11)30-22(23-15)26-21-20(12(2)25-26)14(10-19(28)24-21)13-5-7-17(29-3)16(27)9-13/h4-9,14,27H,10H2,1-3H3,(H,24,28). The Morgan fingerprint density at radius 2 is 2.07 bits per heavy atom. The molecule has 4 aromatic rings. The summed E-state index contributed by atoms with van der Waals surface area (Å²) in [7, 11) is 1.51. The molecule has 1 aliphatic rings. The highest BCUT2D eigenvalue weighted by Crippen LogP contribution is 2.42. The van der Waals surface area contributed by atoms with Crippen molar-refractivity contribution in [2.75, 3.05) is 12.4 Å². The molecule has 8 heteroatoms. The molecule has 0 saturated heterocycles. The second kappa shape index (κ2) is 6.84. The van der Waals surface area contributed by atoms with E-state index in [-0.39, 0.29) is 24.0 Å². The molecule has 2 aromatic carbocycles. The molecule has 1 atom stereocenters. The monoisotopic (exact) mass is 420 g/mol. The summed E-state index contributed by atoms with van der Waals surface area (Å²) in [6.45, 7) is 3.98. The van der Waals surface area contributed by atoms with Crippen LogP contribution in [-0.2, 0) is 4.79 Å². The average molecular weight is 420 g/mol. The molecule has 1 aliphatic heterocycles. The van der Waals surface area contributed by atoms with E-state index >= 15 is 0 Å². The van der Waals surface area contributed by atoms with E-state index in [1.165, 1.54) is 24.0 Å². The third-order valence-electron chi connectivity index (χ3n) is 5.42. The SMILES string of the molecule is COc1ccc(C2CC(=O)Nc3c2c(C)nn3-c2nc3ccc(C)cc3s2)cc1O. The van der Waals surface area contributed by atoms with Crippen LogP contribution >= 0.6 is 11.3 Å². The maximum absolute atomic E-state index is 12.6. The van der Waals surface area contributed by atoms with Crippen LogP contribution in [0.2, 0.25) is 0 Å². The van der Waals surface area contributed by atoms with Crippen LogP contribution in [0.5, 0.6) is 11.5 Å². The van der Waals surface area contributed by atoms with Crippen molar-refractivity contribution in [1.29, 1.82) is 0 Å². The van der Waals surface area contributed by atoms with E-state index in [0.29, 0.717) is 16.7 Å². The molecule has 152 valence electrons. The molecule has 1 amide bonds. The molecule has 2 N–H and O–H groups in total. The van der Waals surface area contributed by atoms with Gasteiger partial charge in [0.15, 0.2) is 11.5 Å². The Balaban J connectivity index is 1.65. The van der Waals surface area contributed by atoms with Gasteiger partial charge >= 0.3 is 0 Å². The number of aromatic nitrogens is 3. The van der Waals surface area contributed by atoms with Gasteiger partial charge in [-0.15, -0.1) is 0 Å². The zero-order chi connectivity index (χ0) is 21.0. The predicted molar refractivity (Wildman–Crippen MR) is 116 cm³/mol. The van der Waals surface area contributed by atoms with Gasteiger partial charge in [0.1, 0.15) is 5.82 Å². The second-order valence-corrected chi connectivity index (χ2v) is 8.47. The number of phenolic OH excluding ortho intramolecular Hbond substituents is 1. The summed E-state index contributed by atoms with van der Waals surface area (Å²) in [4.78, 5) is 17.3. The molecule has 0 radical (unpaired) electrons. The normalized spacial score (nSPS) is 15.8.